The maximum absolute atomic E-state index is 13.2. The van der Waals surface area contributed by atoms with Crippen LogP contribution in [0.15, 0.2) is 53.3 Å². The Hall–Kier alpha value is -3.54. The second-order valence-electron chi connectivity index (χ2n) is 10.0. The molecule has 38 heavy (non-hydrogen) atoms. The molecular formula is C25H25ClF3N7O2. The van der Waals surface area contributed by atoms with Crippen molar-refractivity contribution in [1.82, 2.24) is 30.0 Å². The minimum atomic E-state index is -4.58. The molecule has 0 spiro atoms. The summed E-state index contributed by atoms with van der Waals surface area (Å²) in [6.45, 7) is 2.49. The number of fused-ring (bicyclic) bond motifs is 2. The first-order chi connectivity index (χ1) is 18.1. The molecule has 2 aromatic heterocycles. The fourth-order valence-corrected chi connectivity index (χ4v) is 5.44. The summed E-state index contributed by atoms with van der Waals surface area (Å²) in [6.07, 6.45) is 4.91. The van der Waals surface area contributed by atoms with Gasteiger partial charge < -0.3 is 20.3 Å². The molecule has 2 unspecified atom stereocenters. The smallest absolute Gasteiger partial charge is 0.435 e. The predicted octanol–water partition coefficient (Wildman–Crippen LogP) is 4.05. The van der Waals surface area contributed by atoms with E-state index in [-0.39, 0.29) is 40.7 Å². The topological polar surface area (TPSA) is 97.2 Å². The Balaban J connectivity index is 1.33. The molecule has 2 aliphatic heterocycles. The number of carbonyl (C=O) groups excluding carboxylic acids is 1. The van der Waals surface area contributed by atoms with Gasteiger partial charge in [0.1, 0.15) is 5.02 Å². The van der Waals surface area contributed by atoms with Crippen LogP contribution in [0, 0.1) is 11.8 Å². The van der Waals surface area contributed by atoms with Crippen molar-refractivity contribution in [3.63, 3.8) is 0 Å². The van der Waals surface area contributed by atoms with Crippen LogP contribution in [0.3, 0.4) is 0 Å². The van der Waals surface area contributed by atoms with E-state index in [2.05, 4.69) is 25.7 Å². The summed E-state index contributed by atoms with van der Waals surface area (Å²) < 4.78 is 45.9. The Bertz CT molecular complexity index is 1400. The quantitative estimate of drug-likeness (QED) is 0.596. The number of alkyl halides is 3. The van der Waals surface area contributed by atoms with Crippen LogP contribution in [0.1, 0.15) is 31.9 Å². The Kier molecular flexibility index (Phi) is 5.89. The maximum Gasteiger partial charge on any atom is 0.435 e. The van der Waals surface area contributed by atoms with Gasteiger partial charge in [-0.2, -0.15) is 23.3 Å². The summed E-state index contributed by atoms with van der Waals surface area (Å²) in [7, 11) is 1.77. The van der Waals surface area contributed by atoms with Crippen molar-refractivity contribution in [1.29, 1.82) is 0 Å². The molecule has 1 saturated carbocycles. The zero-order chi connectivity index (χ0) is 26.8. The van der Waals surface area contributed by atoms with Gasteiger partial charge in [0.2, 0.25) is 5.76 Å². The summed E-state index contributed by atoms with van der Waals surface area (Å²) in [4.78, 5) is 23.2. The highest BCUT2D eigenvalue weighted by atomic mass is 35.5. The minimum Gasteiger partial charge on any atom is -0.486 e. The number of halogens is 4. The summed E-state index contributed by atoms with van der Waals surface area (Å²) >= 11 is 6.35. The molecule has 6 rings (SSSR count). The third-order valence-corrected chi connectivity index (χ3v) is 7.57. The number of nitrogens with one attached hydrogen (secondary N) is 2. The van der Waals surface area contributed by atoms with Crippen LogP contribution in [0.5, 0.6) is 0 Å². The first-order valence-corrected chi connectivity index (χ1v) is 12.8. The van der Waals surface area contributed by atoms with Crippen LogP contribution in [0.25, 0.3) is 5.95 Å². The molecule has 4 aliphatic rings. The maximum atomic E-state index is 13.2. The van der Waals surface area contributed by atoms with Crippen LogP contribution in [-0.4, -0.2) is 56.3 Å². The lowest BCUT2D eigenvalue weighted by molar-refractivity contribution is -0.141. The molecule has 0 aromatic carbocycles. The van der Waals surface area contributed by atoms with E-state index in [1.807, 2.05) is 19.1 Å². The van der Waals surface area contributed by atoms with Crippen molar-refractivity contribution < 1.29 is 22.7 Å². The number of aromatic nitrogens is 4. The van der Waals surface area contributed by atoms with Gasteiger partial charge in [-0.25, -0.2) is 9.67 Å². The number of likely N-dealkylation sites (N-methyl/N-ethyl adjacent to an activating group) is 1. The Morgan fingerprint density at radius 3 is 2.76 bits per heavy atom. The number of amides is 1. The zero-order valence-electron chi connectivity index (χ0n) is 20.6. The molecule has 1 amide bonds. The van der Waals surface area contributed by atoms with Gasteiger partial charge in [-0.1, -0.05) is 24.6 Å². The Morgan fingerprint density at radius 2 is 2.05 bits per heavy atom. The average molecular weight is 548 g/mol. The van der Waals surface area contributed by atoms with Crippen molar-refractivity contribution >= 4 is 23.3 Å². The third kappa shape index (κ3) is 4.40. The molecule has 0 radical (unpaired) electrons. The predicted molar refractivity (Wildman–Crippen MR) is 132 cm³/mol. The third-order valence-electron chi connectivity index (χ3n) is 7.29. The van der Waals surface area contributed by atoms with Gasteiger partial charge in [0, 0.05) is 42.9 Å². The molecule has 2 N–H and O–H groups in total. The largest absolute Gasteiger partial charge is 0.486 e. The van der Waals surface area contributed by atoms with Crippen LogP contribution >= 0.6 is 11.6 Å². The van der Waals surface area contributed by atoms with Crippen LogP contribution in [-0.2, 0) is 15.7 Å². The molecule has 1 fully saturated rings. The zero-order valence-corrected chi connectivity index (χ0v) is 21.3. The molecule has 2 aromatic rings. The van der Waals surface area contributed by atoms with Gasteiger partial charge >= 0.3 is 6.18 Å². The highest BCUT2D eigenvalue weighted by Crippen LogP contribution is 2.41. The van der Waals surface area contributed by atoms with Crippen molar-refractivity contribution in [3.05, 3.63) is 64.1 Å². The number of nitrogens with zero attached hydrogens (tertiary/aromatic N) is 5. The monoisotopic (exact) mass is 547 g/mol. The van der Waals surface area contributed by atoms with Gasteiger partial charge in [-0.05, 0) is 30.9 Å². The second kappa shape index (κ2) is 9.04. The lowest BCUT2D eigenvalue weighted by atomic mass is 9.82. The fraction of sp³-hybridized carbons (Fsp3) is 0.440. The molecule has 9 nitrogen and oxygen atoms in total. The number of anilines is 1. The van der Waals surface area contributed by atoms with E-state index >= 15 is 0 Å². The molecule has 0 bridgehead atoms. The standard InChI is InChI=1S/C25H25ClF3N7O2/c1-12-9-14(31-22-16(26)11-30-24(33-22)36-7-5-18(34-36)25(27,28)29)10-15-19-21(23(37)35(2)20(12)15)38-8-6-17(32-19)13-3-4-13/h5,7,9-13,17,20,32H,3-4,6,8H2,1-2H3,(H,30,31,33)/t12?,17-,20?/m1/s1. The van der Waals surface area contributed by atoms with Gasteiger partial charge in [0.15, 0.2) is 11.5 Å². The Labute approximate surface area is 221 Å². The molecule has 200 valence electrons. The van der Waals surface area contributed by atoms with E-state index in [1.165, 1.54) is 6.20 Å². The highest BCUT2D eigenvalue weighted by molar-refractivity contribution is 6.32. The average Bonchev–Trinajstić information content (AvgIpc) is 3.62. The molecule has 3 atom stereocenters. The number of hydrogen-bond acceptors (Lipinski definition) is 7. The number of hydrogen-bond donors (Lipinski definition) is 2. The van der Waals surface area contributed by atoms with Gasteiger partial charge in [-0.3, -0.25) is 4.79 Å². The molecule has 2 aliphatic carbocycles. The van der Waals surface area contributed by atoms with Crippen LogP contribution < -0.4 is 10.6 Å². The molecule has 4 heterocycles. The first kappa shape index (κ1) is 24.8. The van der Waals surface area contributed by atoms with Crippen molar-refractivity contribution in [3.8, 4) is 5.95 Å². The highest BCUT2D eigenvalue weighted by Gasteiger charge is 2.44. The van der Waals surface area contributed by atoms with Crippen molar-refractivity contribution in [2.24, 2.45) is 11.8 Å². The van der Waals surface area contributed by atoms with E-state index in [0.29, 0.717) is 24.0 Å². The Morgan fingerprint density at radius 1 is 1.26 bits per heavy atom. The summed E-state index contributed by atoms with van der Waals surface area (Å²) in [6, 6.07) is 0.902. The number of ether oxygens (including phenoxy) is 1. The van der Waals surface area contributed by atoms with Crippen LogP contribution in [0.4, 0.5) is 19.0 Å². The normalized spacial score (nSPS) is 25.5. The first-order valence-electron chi connectivity index (χ1n) is 12.4. The fourth-order valence-electron chi connectivity index (χ4n) is 5.30. The van der Waals surface area contributed by atoms with E-state index in [1.54, 1.807) is 11.9 Å². The summed E-state index contributed by atoms with van der Waals surface area (Å²) in [5.41, 5.74) is 1.26. The lowest BCUT2D eigenvalue weighted by Gasteiger charge is -2.41. The molecular weight excluding hydrogens is 523 g/mol. The van der Waals surface area contributed by atoms with Crippen molar-refractivity contribution in [2.45, 2.75) is 44.4 Å². The van der Waals surface area contributed by atoms with E-state index in [0.717, 1.165) is 47.5 Å². The van der Waals surface area contributed by atoms with Gasteiger partial charge in [0.25, 0.3) is 11.9 Å². The van der Waals surface area contributed by atoms with E-state index < -0.39 is 11.9 Å². The SMILES string of the molecule is CC1C=C(Nc2nc(-n3ccc(C(F)(F)F)n3)ncc2Cl)C=C2C3=C(OCC[C@H](C4CC4)N3)C(=O)N(C)C21. The number of allylic oxidation sites excluding steroid dienone is 1. The van der Waals surface area contributed by atoms with Crippen LogP contribution in [0.2, 0.25) is 5.02 Å². The van der Waals surface area contributed by atoms with E-state index in [9.17, 15) is 18.0 Å². The van der Waals surface area contributed by atoms with Gasteiger partial charge in [0.05, 0.1) is 24.5 Å². The number of rotatable bonds is 4. The van der Waals surface area contributed by atoms with Crippen molar-refractivity contribution in [2.75, 3.05) is 19.0 Å². The second-order valence-corrected chi connectivity index (χ2v) is 10.4. The molecule has 13 heteroatoms. The van der Waals surface area contributed by atoms with Gasteiger partial charge in [-0.15, -0.1) is 0 Å². The lowest BCUT2D eigenvalue weighted by Crippen LogP contribution is -2.50. The number of carbonyl (C=O) groups is 1. The molecule has 0 saturated heterocycles. The summed E-state index contributed by atoms with van der Waals surface area (Å²) in [5.74, 6) is 0.834. The minimum absolute atomic E-state index is 0.0644. The summed E-state index contributed by atoms with van der Waals surface area (Å²) in [5, 5.41) is 10.5. The van der Waals surface area contributed by atoms with E-state index in [4.69, 9.17) is 16.3 Å².